The normalized spacial score (nSPS) is 24.9. The summed E-state index contributed by atoms with van der Waals surface area (Å²) in [5, 5.41) is 6.40. The van der Waals surface area contributed by atoms with Crippen LogP contribution in [0.3, 0.4) is 0 Å². The van der Waals surface area contributed by atoms with Gasteiger partial charge in [0.2, 0.25) is 5.91 Å². The number of halogens is 2. The summed E-state index contributed by atoms with van der Waals surface area (Å²) >= 11 is 0. The molecule has 0 aromatic carbocycles. The fourth-order valence-electron chi connectivity index (χ4n) is 2.64. The van der Waals surface area contributed by atoms with Crippen LogP contribution in [0.15, 0.2) is 0 Å². The van der Waals surface area contributed by atoms with Crippen LogP contribution in [0.2, 0.25) is 0 Å². The second kappa shape index (κ2) is 10.6. The number of nitrogens with one attached hydrogen (secondary N) is 2. The summed E-state index contributed by atoms with van der Waals surface area (Å²) < 4.78 is 5.32. The summed E-state index contributed by atoms with van der Waals surface area (Å²) in [5.74, 6) is 0.162. The lowest BCUT2D eigenvalue weighted by Gasteiger charge is -2.30. The quantitative estimate of drug-likeness (QED) is 0.802. The van der Waals surface area contributed by atoms with Crippen molar-refractivity contribution in [3.63, 3.8) is 0 Å². The summed E-state index contributed by atoms with van der Waals surface area (Å²) in [6.45, 7) is 7.54. The monoisotopic (exact) mass is 327 g/mol. The molecule has 2 rings (SSSR count). The molecule has 0 spiro atoms. The smallest absolute Gasteiger partial charge is 0.237 e. The van der Waals surface area contributed by atoms with E-state index in [9.17, 15) is 4.79 Å². The van der Waals surface area contributed by atoms with Crippen molar-refractivity contribution in [3.05, 3.63) is 0 Å². The third kappa shape index (κ3) is 6.59. The number of hydrogen-bond donors (Lipinski definition) is 2. The third-order valence-electron chi connectivity index (χ3n) is 3.65. The molecule has 20 heavy (non-hydrogen) atoms. The fraction of sp³-hybridized carbons (Fsp3) is 0.923. The van der Waals surface area contributed by atoms with Crippen LogP contribution >= 0.6 is 24.8 Å². The van der Waals surface area contributed by atoms with Gasteiger partial charge in [0.1, 0.15) is 0 Å². The van der Waals surface area contributed by atoms with Gasteiger partial charge in [0, 0.05) is 25.7 Å². The van der Waals surface area contributed by atoms with Gasteiger partial charge in [-0.25, -0.2) is 0 Å². The summed E-state index contributed by atoms with van der Waals surface area (Å²) in [5.41, 5.74) is 0. The van der Waals surface area contributed by atoms with Gasteiger partial charge in [0.15, 0.2) is 0 Å². The van der Waals surface area contributed by atoms with Gasteiger partial charge in [0.25, 0.3) is 0 Å². The first-order chi connectivity index (χ1) is 8.75. The SMILES string of the molecule is CC(CN1CCOCC1)NC(=O)[C@@H]1CCCCN1.Cl.Cl. The highest BCUT2D eigenvalue weighted by molar-refractivity contribution is 5.85. The molecule has 2 fully saturated rings. The molecule has 2 aliphatic heterocycles. The molecule has 7 heteroatoms. The number of nitrogens with zero attached hydrogens (tertiary/aromatic N) is 1. The zero-order valence-corrected chi connectivity index (χ0v) is 13.7. The summed E-state index contributed by atoms with van der Waals surface area (Å²) in [7, 11) is 0. The standard InChI is InChI=1S/C13H25N3O2.2ClH/c1-11(10-16-6-8-18-9-7-16)15-13(17)12-4-2-3-5-14-12;;/h11-12,14H,2-10H2,1H3,(H,15,17);2*1H/t11?,12-;;/m0../s1. The zero-order valence-electron chi connectivity index (χ0n) is 12.1. The highest BCUT2D eigenvalue weighted by Crippen LogP contribution is 2.07. The second-order valence-corrected chi connectivity index (χ2v) is 5.33. The van der Waals surface area contributed by atoms with Crippen LogP contribution in [0, 0.1) is 0 Å². The average Bonchev–Trinajstić information content (AvgIpc) is 2.40. The van der Waals surface area contributed by atoms with Crippen LogP contribution in [-0.2, 0) is 9.53 Å². The maximum absolute atomic E-state index is 12.0. The van der Waals surface area contributed by atoms with Gasteiger partial charge >= 0.3 is 0 Å². The van der Waals surface area contributed by atoms with Gasteiger partial charge in [-0.15, -0.1) is 24.8 Å². The first kappa shape index (κ1) is 19.9. The number of hydrogen-bond acceptors (Lipinski definition) is 4. The Labute approximate surface area is 134 Å². The molecule has 2 aliphatic rings. The lowest BCUT2D eigenvalue weighted by molar-refractivity contribution is -0.124. The number of morpholine rings is 1. The van der Waals surface area contributed by atoms with Crippen molar-refractivity contribution in [3.8, 4) is 0 Å². The second-order valence-electron chi connectivity index (χ2n) is 5.33. The van der Waals surface area contributed by atoms with Crippen LogP contribution < -0.4 is 10.6 Å². The minimum absolute atomic E-state index is 0. The van der Waals surface area contributed by atoms with Crippen LogP contribution in [0.4, 0.5) is 0 Å². The zero-order chi connectivity index (χ0) is 12.8. The Balaban J connectivity index is 0.00000180. The number of ether oxygens (including phenoxy) is 1. The Morgan fingerprint density at radius 2 is 2.05 bits per heavy atom. The molecule has 2 atom stereocenters. The van der Waals surface area contributed by atoms with Gasteiger partial charge < -0.3 is 15.4 Å². The predicted molar refractivity (Wildman–Crippen MR) is 85.0 cm³/mol. The first-order valence-corrected chi connectivity index (χ1v) is 7.09. The molecule has 0 saturated carbocycles. The molecule has 0 aliphatic carbocycles. The summed E-state index contributed by atoms with van der Waals surface area (Å²) in [6.07, 6.45) is 3.31. The molecule has 2 N–H and O–H groups in total. The molecule has 0 aromatic heterocycles. The molecule has 120 valence electrons. The maximum Gasteiger partial charge on any atom is 0.237 e. The Morgan fingerprint density at radius 1 is 1.35 bits per heavy atom. The number of rotatable bonds is 4. The fourth-order valence-corrected chi connectivity index (χ4v) is 2.64. The predicted octanol–water partition coefficient (Wildman–Crippen LogP) is 0.809. The Morgan fingerprint density at radius 3 is 2.65 bits per heavy atom. The molecular formula is C13H27Cl2N3O2. The molecule has 0 radical (unpaired) electrons. The largest absolute Gasteiger partial charge is 0.379 e. The van der Waals surface area contributed by atoms with Crippen molar-refractivity contribution in [2.24, 2.45) is 0 Å². The lowest BCUT2D eigenvalue weighted by atomic mass is 10.0. The van der Waals surface area contributed by atoms with E-state index in [2.05, 4.69) is 22.5 Å². The molecule has 0 bridgehead atoms. The average molecular weight is 328 g/mol. The third-order valence-corrected chi connectivity index (χ3v) is 3.65. The van der Waals surface area contributed by atoms with Crippen molar-refractivity contribution in [1.82, 2.24) is 15.5 Å². The molecule has 1 unspecified atom stereocenters. The van der Waals surface area contributed by atoms with Crippen LogP contribution in [0.1, 0.15) is 26.2 Å². The van der Waals surface area contributed by atoms with Crippen molar-refractivity contribution < 1.29 is 9.53 Å². The van der Waals surface area contributed by atoms with Crippen molar-refractivity contribution in [1.29, 1.82) is 0 Å². The molecule has 5 nitrogen and oxygen atoms in total. The van der Waals surface area contributed by atoms with Crippen molar-refractivity contribution >= 4 is 30.7 Å². The van der Waals surface area contributed by atoms with Crippen LogP contribution in [-0.4, -0.2) is 62.3 Å². The van der Waals surface area contributed by atoms with E-state index in [0.717, 1.165) is 52.2 Å². The van der Waals surface area contributed by atoms with Gasteiger partial charge in [-0.3, -0.25) is 9.69 Å². The molecule has 2 heterocycles. The van der Waals surface area contributed by atoms with Gasteiger partial charge in [-0.2, -0.15) is 0 Å². The van der Waals surface area contributed by atoms with E-state index in [1.165, 1.54) is 6.42 Å². The summed E-state index contributed by atoms with van der Waals surface area (Å²) in [4.78, 5) is 14.4. The lowest BCUT2D eigenvalue weighted by Crippen LogP contribution is -2.52. The maximum atomic E-state index is 12.0. The number of piperidine rings is 1. The van der Waals surface area contributed by atoms with E-state index in [1.807, 2.05) is 0 Å². The number of carbonyl (C=O) groups excluding carboxylic acids is 1. The number of carbonyl (C=O) groups is 1. The van der Waals surface area contributed by atoms with E-state index in [-0.39, 0.29) is 42.8 Å². The molecular weight excluding hydrogens is 301 g/mol. The van der Waals surface area contributed by atoms with Crippen LogP contribution in [0.25, 0.3) is 0 Å². The van der Waals surface area contributed by atoms with E-state index in [0.29, 0.717) is 0 Å². The van der Waals surface area contributed by atoms with Gasteiger partial charge in [-0.05, 0) is 26.3 Å². The highest BCUT2D eigenvalue weighted by atomic mass is 35.5. The van der Waals surface area contributed by atoms with E-state index in [1.54, 1.807) is 0 Å². The Bertz CT molecular complexity index is 270. The van der Waals surface area contributed by atoms with Crippen LogP contribution in [0.5, 0.6) is 0 Å². The first-order valence-electron chi connectivity index (χ1n) is 7.09. The van der Waals surface area contributed by atoms with Gasteiger partial charge in [-0.1, -0.05) is 6.42 Å². The molecule has 2 saturated heterocycles. The van der Waals surface area contributed by atoms with Crippen molar-refractivity contribution in [2.75, 3.05) is 39.4 Å². The summed E-state index contributed by atoms with van der Waals surface area (Å²) in [6, 6.07) is 0.227. The molecule has 0 aromatic rings. The minimum atomic E-state index is 0. The van der Waals surface area contributed by atoms with Gasteiger partial charge in [0.05, 0.1) is 19.3 Å². The number of amides is 1. The van der Waals surface area contributed by atoms with E-state index in [4.69, 9.17) is 4.74 Å². The van der Waals surface area contributed by atoms with E-state index < -0.39 is 0 Å². The highest BCUT2D eigenvalue weighted by Gasteiger charge is 2.22. The van der Waals surface area contributed by atoms with Crippen molar-refractivity contribution in [2.45, 2.75) is 38.3 Å². The Kier molecular flexibility index (Phi) is 10.6. The topological polar surface area (TPSA) is 53.6 Å². The minimum Gasteiger partial charge on any atom is -0.379 e. The van der Waals surface area contributed by atoms with E-state index >= 15 is 0 Å². The molecule has 1 amide bonds. The Hall–Kier alpha value is -0.0700.